The predicted molar refractivity (Wildman–Crippen MR) is 41.6 cm³/mol. The van der Waals surface area contributed by atoms with Crippen LogP contribution in [0.5, 0.6) is 0 Å². The monoisotopic (exact) mass is 196 g/mol. The molecule has 3 nitrogen and oxygen atoms in total. The highest BCUT2D eigenvalue weighted by molar-refractivity contribution is 4.63. The highest BCUT2D eigenvalue weighted by Gasteiger charge is 2.30. The number of hydrogen-bond acceptors (Lipinski definition) is 3. The maximum Gasteiger partial charge on any atom is 0.293 e. The molecule has 0 aromatic heterocycles. The van der Waals surface area contributed by atoms with Crippen molar-refractivity contribution in [1.29, 1.82) is 0 Å². The van der Waals surface area contributed by atoms with Crippen LogP contribution in [0.15, 0.2) is 0 Å². The van der Waals surface area contributed by atoms with Crippen molar-refractivity contribution >= 4 is 0 Å². The van der Waals surface area contributed by atoms with Gasteiger partial charge in [-0.2, -0.15) is 0 Å². The van der Waals surface area contributed by atoms with Crippen LogP contribution in [0.25, 0.3) is 0 Å². The Bertz CT molecular complexity index is 146. The zero-order valence-corrected chi connectivity index (χ0v) is 7.34. The van der Waals surface area contributed by atoms with Crippen LogP contribution in [0.1, 0.15) is 19.3 Å². The second-order valence-corrected chi connectivity index (χ2v) is 3.12. The molecule has 0 unspecified atom stereocenters. The van der Waals surface area contributed by atoms with E-state index < -0.39 is 25.4 Å². The minimum absolute atomic E-state index is 0.522. The Kier molecular flexibility index (Phi) is 4.02. The smallest absolute Gasteiger partial charge is 0.293 e. The molecule has 13 heavy (non-hydrogen) atoms. The summed E-state index contributed by atoms with van der Waals surface area (Å²) < 4.78 is 34.8. The van der Waals surface area contributed by atoms with Gasteiger partial charge in [-0.1, -0.05) is 0 Å². The SMILES string of the molecule is OCC(F)(F)CO[C@H]1CCCCO1. The van der Waals surface area contributed by atoms with Crippen LogP contribution in [0.3, 0.4) is 0 Å². The molecule has 0 amide bonds. The topological polar surface area (TPSA) is 38.7 Å². The van der Waals surface area contributed by atoms with Crippen molar-refractivity contribution in [2.24, 2.45) is 0 Å². The summed E-state index contributed by atoms with van der Waals surface area (Å²) >= 11 is 0. The molecule has 0 saturated carbocycles. The van der Waals surface area contributed by atoms with Gasteiger partial charge < -0.3 is 14.6 Å². The minimum atomic E-state index is -3.15. The number of alkyl halides is 2. The van der Waals surface area contributed by atoms with E-state index in [0.717, 1.165) is 12.8 Å². The number of hydrogen-bond donors (Lipinski definition) is 1. The second kappa shape index (κ2) is 4.83. The average Bonchev–Trinajstić information content (AvgIpc) is 2.17. The average molecular weight is 196 g/mol. The summed E-state index contributed by atoms with van der Waals surface area (Å²) in [7, 11) is 0. The van der Waals surface area contributed by atoms with Gasteiger partial charge in [0, 0.05) is 6.61 Å². The Morgan fingerprint density at radius 1 is 1.46 bits per heavy atom. The lowest BCUT2D eigenvalue weighted by molar-refractivity contribution is -0.206. The molecule has 0 radical (unpaired) electrons. The lowest BCUT2D eigenvalue weighted by Crippen LogP contribution is -2.33. The summed E-state index contributed by atoms with van der Waals surface area (Å²) in [6.45, 7) is -1.39. The van der Waals surface area contributed by atoms with E-state index in [4.69, 9.17) is 14.6 Å². The fourth-order valence-corrected chi connectivity index (χ4v) is 1.10. The molecule has 1 heterocycles. The summed E-state index contributed by atoms with van der Waals surface area (Å²) in [6, 6.07) is 0. The first-order valence-corrected chi connectivity index (χ1v) is 4.36. The number of aliphatic hydroxyl groups excluding tert-OH is 1. The Labute approximate surface area is 75.6 Å². The quantitative estimate of drug-likeness (QED) is 0.733. The first-order chi connectivity index (χ1) is 6.14. The van der Waals surface area contributed by atoms with E-state index in [9.17, 15) is 8.78 Å². The summed E-state index contributed by atoms with van der Waals surface area (Å²) in [5.74, 6) is -3.15. The molecule has 1 aliphatic rings. The highest BCUT2D eigenvalue weighted by atomic mass is 19.3. The molecular weight excluding hydrogens is 182 g/mol. The van der Waals surface area contributed by atoms with Gasteiger partial charge in [-0.15, -0.1) is 0 Å². The van der Waals surface area contributed by atoms with Gasteiger partial charge in [0.05, 0.1) is 0 Å². The molecule has 0 aromatic rings. The van der Waals surface area contributed by atoms with Gasteiger partial charge in [0.25, 0.3) is 5.92 Å². The van der Waals surface area contributed by atoms with Gasteiger partial charge in [-0.05, 0) is 19.3 Å². The van der Waals surface area contributed by atoms with Crippen molar-refractivity contribution in [1.82, 2.24) is 0 Å². The first-order valence-electron chi connectivity index (χ1n) is 4.36. The largest absolute Gasteiger partial charge is 0.390 e. The molecule has 78 valence electrons. The van der Waals surface area contributed by atoms with Crippen LogP contribution in [-0.2, 0) is 9.47 Å². The third kappa shape index (κ3) is 3.97. The zero-order valence-electron chi connectivity index (χ0n) is 7.34. The lowest BCUT2D eigenvalue weighted by atomic mass is 10.2. The normalized spacial score (nSPS) is 24.7. The van der Waals surface area contributed by atoms with Crippen molar-refractivity contribution in [3.8, 4) is 0 Å². The Morgan fingerprint density at radius 3 is 2.77 bits per heavy atom. The molecule has 0 spiro atoms. The molecule has 0 bridgehead atoms. The molecule has 1 N–H and O–H groups in total. The second-order valence-electron chi connectivity index (χ2n) is 3.12. The predicted octanol–water partition coefficient (Wildman–Crippen LogP) is 1.16. The van der Waals surface area contributed by atoms with Crippen molar-refractivity contribution in [2.75, 3.05) is 19.8 Å². The van der Waals surface area contributed by atoms with Gasteiger partial charge in [0.2, 0.25) is 0 Å². The van der Waals surface area contributed by atoms with Gasteiger partial charge in [-0.3, -0.25) is 0 Å². The molecule has 1 aliphatic heterocycles. The molecule has 0 aromatic carbocycles. The van der Waals surface area contributed by atoms with Gasteiger partial charge in [0.15, 0.2) is 6.29 Å². The van der Waals surface area contributed by atoms with E-state index in [2.05, 4.69) is 0 Å². The highest BCUT2D eigenvalue weighted by Crippen LogP contribution is 2.18. The van der Waals surface area contributed by atoms with Crippen molar-refractivity contribution in [2.45, 2.75) is 31.5 Å². The third-order valence-corrected chi connectivity index (χ3v) is 1.85. The van der Waals surface area contributed by atoms with Crippen LogP contribution in [0, 0.1) is 0 Å². The van der Waals surface area contributed by atoms with E-state index in [-0.39, 0.29) is 0 Å². The van der Waals surface area contributed by atoms with Crippen LogP contribution in [0.4, 0.5) is 8.78 Å². The van der Waals surface area contributed by atoms with Crippen molar-refractivity contribution in [3.05, 3.63) is 0 Å². The summed E-state index contributed by atoms with van der Waals surface area (Å²) in [5.41, 5.74) is 0. The number of aliphatic hydroxyl groups is 1. The summed E-state index contributed by atoms with van der Waals surface area (Å²) in [6.07, 6.45) is 2.03. The molecule has 0 aliphatic carbocycles. The molecule has 5 heteroatoms. The van der Waals surface area contributed by atoms with Crippen LogP contribution >= 0.6 is 0 Å². The number of rotatable bonds is 4. The van der Waals surface area contributed by atoms with E-state index in [0.29, 0.717) is 13.0 Å². The van der Waals surface area contributed by atoms with Gasteiger partial charge in [0.1, 0.15) is 13.2 Å². The molecular formula is C8H14F2O3. The fourth-order valence-electron chi connectivity index (χ4n) is 1.10. The number of halogens is 2. The van der Waals surface area contributed by atoms with E-state index in [1.54, 1.807) is 0 Å². The van der Waals surface area contributed by atoms with Gasteiger partial charge in [-0.25, -0.2) is 8.78 Å². The van der Waals surface area contributed by atoms with E-state index in [1.807, 2.05) is 0 Å². The van der Waals surface area contributed by atoms with Crippen LogP contribution in [-0.4, -0.2) is 37.1 Å². The first kappa shape index (κ1) is 10.8. The molecule has 1 fully saturated rings. The van der Waals surface area contributed by atoms with Crippen LogP contribution in [0.2, 0.25) is 0 Å². The minimum Gasteiger partial charge on any atom is -0.390 e. The van der Waals surface area contributed by atoms with E-state index in [1.165, 1.54) is 0 Å². The number of ether oxygens (including phenoxy) is 2. The summed E-state index contributed by atoms with van der Waals surface area (Å²) in [4.78, 5) is 0. The maximum atomic E-state index is 12.5. The molecule has 1 atom stereocenters. The molecule has 1 rings (SSSR count). The Morgan fingerprint density at radius 2 is 2.23 bits per heavy atom. The Hall–Kier alpha value is -0.260. The van der Waals surface area contributed by atoms with Crippen molar-refractivity contribution in [3.63, 3.8) is 0 Å². The summed E-state index contributed by atoms with van der Waals surface area (Å²) in [5, 5.41) is 8.25. The maximum absolute atomic E-state index is 12.5. The third-order valence-electron chi connectivity index (χ3n) is 1.85. The molecule has 1 saturated heterocycles. The van der Waals surface area contributed by atoms with Gasteiger partial charge >= 0.3 is 0 Å². The lowest BCUT2D eigenvalue weighted by Gasteiger charge is -2.24. The van der Waals surface area contributed by atoms with E-state index >= 15 is 0 Å². The fraction of sp³-hybridized carbons (Fsp3) is 1.00. The van der Waals surface area contributed by atoms with Crippen LogP contribution < -0.4 is 0 Å². The zero-order chi connectivity index (χ0) is 9.73. The standard InChI is InChI=1S/C8H14F2O3/c9-8(10,5-11)6-13-7-3-1-2-4-12-7/h7,11H,1-6H2/t7-/m0/s1. The Balaban J connectivity index is 2.17. The van der Waals surface area contributed by atoms with Crippen molar-refractivity contribution < 1.29 is 23.4 Å².